The molecule has 1 aromatic heterocycles. The summed E-state index contributed by atoms with van der Waals surface area (Å²) in [6, 6.07) is 8.81. The second-order valence-corrected chi connectivity index (χ2v) is 5.00. The van der Waals surface area contributed by atoms with Gasteiger partial charge in [-0.25, -0.2) is 0 Å². The van der Waals surface area contributed by atoms with Gasteiger partial charge in [0.05, 0.1) is 12.8 Å². The molecule has 0 bridgehead atoms. The van der Waals surface area contributed by atoms with Crippen molar-refractivity contribution in [3.8, 4) is 5.75 Å². The van der Waals surface area contributed by atoms with Gasteiger partial charge < -0.3 is 24.7 Å². The minimum absolute atomic E-state index is 0.410. The maximum absolute atomic E-state index is 5.56. The van der Waals surface area contributed by atoms with Crippen LogP contribution in [0.1, 0.15) is 5.69 Å². The first kappa shape index (κ1) is 13.8. The Bertz CT molecular complexity index is 591. The maximum atomic E-state index is 5.56. The number of rotatable bonds is 4. The van der Waals surface area contributed by atoms with Crippen LogP contribution in [0.2, 0.25) is 0 Å². The Kier molecular flexibility index (Phi) is 3.96. The molecule has 0 radical (unpaired) electrons. The molecule has 2 aromatic rings. The number of anilines is 2. The number of nitrogens with zero attached hydrogens (tertiary/aromatic N) is 3. The minimum atomic E-state index is 0.410. The van der Waals surface area contributed by atoms with Gasteiger partial charge in [-0.3, -0.25) is 0 Å². The fourth-order valence-electron chi connectivity index (χ4n) is 2.50. The van der Waals surface area contributed by atoms with E-state index in [9.17, 15) is 0 Å². The van der Waals surface area contributed by atoms with Crippen molar-refractivity contribution in [2.45, 2.75) is 6.54 Å². The van der Waals surface area contributed by atoms with E-state index < -0.39 is 0 Å². The molecular formula is C15H20N4O2. The highest BCUT2D eigenvalue weighted by molar-refractivity contribution is 5.52. The number of ether oxygens (including phenoxy) is 1. The first-order valence-corrected chi connectivity index (χ1v) is 7.08. The zero-order valence-electron chi connectivity index (χ0n) is 12.2. The van der Waals surface area contributed by atoms with Gasteiger partial charge in [-0.2, -0.15) is 4.98 Å². The molecule has 6 nitrogen and oxygen atoms in total. The average molecular weight is 288 g/mol. The molecule has 0 unspecified atom stereocenters. The van der Waals surface area contributed by atoms with Crippen LogP contribution in [0, 0.1) is 0 Å². The van der Waals surface area contributed by atoms with Crippen LogP contribution in [0.5, 0.6) is 5.75 Å². The zero-order valence-corrected chi connectivity index (χ0v) is 12.2. The summed E-state index contributed by atoms with van der Waals surface area (Å²) in [6.07, 6.45) is 1.63. The number of nitrogens with two attached hydrogens (primary N) is 1. The van der Waals surface area contributed by atoms with Crippen molar-refractivity contribution >= 4 is 11.7 Å². The van der Waals surface area contributed by atoms with E-state index in [4.69, 9.17) is 14.9 Å². The van der Waals surface area contributed by atoms with Gasteiger partial charge in [0.15, 0.2) is 0 Å². The molecule has 2 N–H and O–H groups in total. The monoisotopic (exact) mass is 288 g/mol. The lowest BCUT2D eigenvalue weighted by Crippen LogP contribution is -2.46. The fourth-order valence-corrected chi connectivity index (χ4v) is 2.50. The van der Waals surface area contributed by atoms with E-state index in [1.165, 1.54) is 5.69 Å². The molecule has 0 aliphatic carbocycles. The van der Waals surface area contributed by atoms with Gasteiger partial charge in [0.2, 0.25) is 0 Å². The smallest absolute Gasteiger partial charge is 0.297 e. The molecule has 0 amide bonds. The summed E-state index contributed by atoms with van der Waals surface area (Å²) in [7, 11) is 1.69. The van der Waals surface area contributed by atoms with Crippen LogP contribution in [0.4, 0.5) is 11.7 Å². The highest BCUT2D eigenvalue weighted by Gasteiger charge is 2.20. The van der Waals surface area contributed by atoms with Gasteiger partial charge in [0.1, 0.15) is 12.0 Å². The molecular weight excluding hydrogens is 268 g/mol. The topological polar surface area (TPSA) is 67.8 Å². The first-order valence-electron chi connectivity index (χ1n) is 7.08. The standard InChI is InChI=1S/C15H20N4O2/c1-20-14-4-2-3-13(9-14)18-5-7-19(8-6-18)15-17-12(10-16)11-21-15/h2-4,9,11H,5-8,10,16H2,1H3. The number of aromatic nitrogens is 1. The molecule has 21 heavy (non-hydrogen) atoms. The van der Waals surface area contributed by atoms with E-state index in [2.05, 4.69) is 26.9 Å². The third kappa shape index (κ3) is 2.95. The highest BCUT2D eigenvalue weighted by atomic mass is 16.5. The Morgan fingerprint density at radius 2 is 2.00 bits per heavy atom. The van der Waals surface area contributed by atoms with Gasteiger partial charge in [-0.15, -0.1) is 0 Å². The zero-order chi connectivity index (χ0) is 14.7. The van der Waals surface area contributed by atoms with Crippen LogP contribution >= 0.6 is 0 Å². The SMILES string of the molecule is COc1cccc(N2CCN(c3nc(CN)co3)CC2)c1. The number of hydrogen-bond donors (Lipinski definition) is 1. The van der Waals surface area contributed by atoms with Crippen LogP contribution in [0.15, 0.2) is 34.9 Å². The molecule has 6 heteroatoms. The second kappa shape index (κ2) is 6.05. The quantitative estimate of drug-likeness (QED) is 0.919. The van der Waals surface area contributed by atoms with Gasteiger partial charge in [-0.1, -0.05) is 6.07 Å². The lowest BCUT2D eigenvalue weighted by molar-refractivity contribution is 0.414. The number of piperazine rings is 1. The van der Waals surface area contributed by atoms with Crippen LogP contribution < -0.4 is 20.3 Å². The lowest BCUT2D eigenvalue weighted by atomic mass is 10.2. The Labute approximate surface area is 124 Å². The van der Waals surface area contributed by atoms with Gasteiger partial charge in [0, 0.05) is 44.5 Å². The Morgan fingerprint density at radius 3 is 2.67 bits per heavy atom. The lowest BCUT2D eigenvalue weighted by Gasteiger charge is -2.35. The molecule has 112 valence electrons. The third-order valence-corrected chi connectivity index (χ3v) is 3.72. The molecule has 1 saturated heterocycles. The van der Waals surface area contributed by atoms with E-state index >= 15 is 0 Å². The molecule has 1 aliphatic heterocycles. The van der Waals surface area contributed by atoms with Gasteiger partial charge in [-0.05, 0) is 12.1 Å². The van der Waals surface area contributed by atoms with Crippen molar-refractivity contribution in [1.29, 1.82) is 0 Å². The summed E-state index contributed by atoms with van der Waals surface area (Å²) in [6.45, 7) is 4.01. The third-order valence-electron chi connectivity index (χ3n) is 3.72. The number of oxazole rings is 1. The van der Waals surface area contributed by atoms with E-state index in [0.717, 1.165) is 37.6 Å². The normalized spacial score (nSPS) is 15.3. The Balaban J connectivity index is 1.64. The van der Waals surface area contributed by atoms with Crippen molar-refractivity contribution < 1.29 is 9.15 Å². The fraction of sp³-hybridized carbons (Fsp3) is 0.400. The van der Waals surface area contributed by atoms with Crippen LogP contribution in [0.3, 0.4) is 0 Å². The number of benzene rings is 1. The van der Waals surface area contributed by atoms with E-state index in [1.54, 1.807) is 13.4 Å². The summed E-state index contributed by atoms with van der Waals surface area (Å²) < 4.78 is 10.7. The first-order chi connectivity index (χ1) is 10.3. The number of methoxy groups -OCH3 is 1. The molecule has 2 heterocycles. The van der Waals surface area contributed by atoms with Crippen LogP contribution in [0.25, 0.3) is 0 Å². The second-order valence-electron chi connectivity index (χ2n) is 5.00. The van der Waals surface area contributed by atoms with E-state index in [0.29, 0.717) is 12.6 Å². The molecule has 0 spiro atoms. The molecule has 0 atom stereocenters. The minimum Gasteiger partial charge on any atom is -0.497 e. The predicted octanol–water partition coefficient (Wildman–Crippen LogP) is 1.47. The highest BCUT2D eigenvalue weighted by Crippen LogP contribution is 2.23. The van der Waals surface area contributed by atoms with E-state index in [1.807, 2.05) is 12.1 Å². The molecule has 3 rings (SSSR count). The van der Waals surface area contributed by atoms with Crippen LogP contribution in [-0.4, -0.2) is 38.3 Å². The Morgan fingerprint density at radius 1 is 1.24 bits per heavy atom. The van der Waals surface area contributed by atoms with Crippen molar-refractivity contribution in [3.63, 3.8) is 0 Å². The summed E-state index contributed by atoms with van der Waals surface area (Å²) in [5.74, 6) is 0.884. The van der Waals surface area contributed by atoms with E-state index in [-0.39, 0.29) is 0 Å². The van der Waals surface area contributed by atoms with Gasteiger partial charge >= 0.3 is 0 Å². The summed E-state index contributed by atoms with van der Waals surface area (Å²) >= 11 is 0. The Hall–Kier alpha value is -2.21. The maximum Gasteiger partial charge on any atom is 0.297 e. The summed E-state index contributed by atoms with van der Waals surface area (Å²) in [5, 5.41) is 0. The molecule has 1 aliphatic rings. The van der Waals surface area contributed by atoms with Crippen LogP contribution in [-0.2, 0) is 6.54 Å². The largest absolute Gasteiger partial charge is 0.497 e. The molecule has 0 saturated carbocycles. The van der Waals surface area contributed by atoms with Gasteiger partial charge in [0.25, 0.3) is 6.01 Å². The van der Waals surface area contributed by atoms with Crippen molar-refractivity contribution in [2.24, 2.45) is 5.73 Å². The number of hydrogen-bond acceptors (Lipinski definition) is 6. The average Bonchev–Trinajstić information content (AvgIpc) is 3.04. The predicted molar refractivity (Wildman–Crippen MR) is 81.8 cm³/mol. The summed E-state index contributed by atoms with van der Waals surface area (Å²) in [5.41, 5.74) is 7.53. The van der Waals surface area contributed by atoms with Crippen molar-refractivity contribution in [2.75, 3.05) is 43.1 Å². The van der Waals surface area contributed by atoms with Crippen molar-refractivity contribution in [3.05, 3.63) is 36.2 Å². The van der Waals surface area contributed by atoms with Crippen molar-refractivity contribution in [1.82, 2.24) is 4.98 Å². The molecule has 1 aromatic carbocycles. The molecule has 1 fully saturated rings. The summed E-state index contributed by atoms with van der Waals surface area (Å²) in [4.78, 5) is 8.86.